The van der Waals surface area contributed by atoms with Crippen LogP contribution in [-0.4, -0.2) is 57.5 Å². The highest BCUT2D eigenvalue weighted by Crippen LogP contribution is 2.34. The van der Waals surface area contributed by atoms with E-state index in [-0.39, 0.29) is 23.5 Å². The van der Waals surface area contributed by atoms with E-state index in [1.165, 1.54) is 18.2 Å². The molecule has 2 N–H and O–H groups in total. The van der Waals surface area contributed by atoms with Crippen LogP contribution in [0.3, 0.4) is 0 Å². The minimum Gasteiger partial charge on any atom is -0.481 e. The van der Waals surface area contributed by atoms with Gasteiger partial charge in [0.15, 0.2) is 0 Å². The number of nitrogens with zero attached hydrogens (tertiary/aromatic N) is 3. The van der Waals surface area contributed by atoms with Gasteiger partial charge in [-0.15, -0.1) is 0 Å². The van der Waals surface area contributed by atoms with Crippen LogP contribution in [0.15, 0.2) is 35.1 Å². The largest absolute Gasteiger partial charge is 0.481 e. The number of nitrogens with one attached hydrogen (secondary N) is 1. The van der Waals surface area contributed by atoms with E-state index in [0.29, 0.717) is 59.6 Å². The first kappa shape index (κ1) is 33.9. The molecule has 4 rings (SSSR count). The van der Waals surface area contributed by atoms with Gasteiger partial charge in [-0.2, -0.15) is 5.10 Å². The smallest absolute Gasteiger partial charge is 0.305 e. The van der Waals surface area contributed by atoms with Crippen molar-refractivity contribution in [1.29, 1.82) is 0 Å². The molecule has 0 saturated carbocycles. The Morgan fingerprint density at radius 2 is 1.64 bits per heavy atom. The number of rotatable bonds is 12. The molecule has 2 heterocycles. The van der Waals surface area contributed by atoms with E-state index in [0.717, 1.165) is 4.68 Å². The maximum absolute atomic E-state index is 15.7. The molecule has 0 aliphatic carbocycles. The van der Waals surface area contributed by atoms with E-state index < -0.39 is 53.7 Å². The third-order valence-electron chi connectivity index (χ3n) is 8.19. The molecule has 1 fully saturated rings. The molecular weight excluding hydrogens is 585 g/mol. The molecule has 1 saturated heterocycles. The molecule has 1 aliphatic heterocycles. The molecule has 0 unspecified atom stereocenters. The van der Waals surface area contributed by atoms with Crippen molar-refractivity contribution in [3.05, 3.63) is 85.8 Å². The normalized spacial score (nSPS) is 15.2. The summed E-state index contributed by atoms with van der Waals surface area (Å²) in [7, 11) is 0. The Balaban J connectivity index is 1.72. The third-order valence-corrected chi connectivity index (χ3v) is 8.19. The van der Waals surface area contributed by atoms with Gasteiger partial charge in [-0.25, -0.2) is 17.9 Å². The van der Waals surface area contributed by atoms with E-state index >= 15 is 4.39 Å². The van der Waals surface area contributed by atoms with Crippen molar-refractivity contribution in [3.63, 3.8) is 0 Å². The molecule has 45 heavy (non-hydrogen) atoms. The van der Waals surface area contributed by atoms with Crippen LogP contribution in [0.25, 0.3) is 11.1 Å². The van der Waals surface area contributed by atoms with E-state index in [9.17, 15) is 28.3 Å². The number of aromatic nitrogens is 2. The number of benzene rings is 2. The lowest BCUT2D eigenvalue weighted by molar-refractivity contribution is -0.138. The minimum absolute atomic E-state index is 0.0295. The lowest BCUT2D eigenvalue weighted by Gasteiger charge is -2.34. The van der Waals surface area contributed by atoms with E-state index in [1.807, 2.05) is 18.7 Å². The number of halogens is 3. The number of carbonyl (C=O) groups excluding carboxylic acids is 1. The Morgan fingerprint density at radius 3 is 2.22 bits per heavy atom. The summed E-state index contributed by atoms with van der Waals surface area (Å²) >= 11 is 0. The van der Waals surface area contributed by atoms with Crippen LogP contribution < -0.4 is 10.9 Å². The quantitative estimate of drug-likeness (QED) is 0.274. The van der Waals surface area contributed by atoms with Gasteiger partial charge in [0, 0.05) is 37.2 Å². The summed E-state index contributed by atoms with van der Waals surface area (Å²) in [6.45, 7) is 11.7. The number of carboxylic acids is 1. The monoisotopic (exact) mass is 626 g/mol. The summed E-state index contributed by atoms with van der Waals surface area (Å²) in [5.74, 6) is -3.05. The van der Waals surface area contributed by atoms with Crippen molar-refractivity contribution in [2.45, 2.75) is 79.1 Å². The van der Waals surface area contributed by atoms with Gasteiger partial charge in [0.25, 0.3) is 5.56 Å². The van der Waals surface area contributed by atoms with Gasteiger partial charge in [-0.3, -0.25) is 19.3 Å². The third kappa shape index (κ3) is 8.00. The summed E-state index contributed by atoms with van der Waals surface area (Å²) in [4.78, 5) is 41.2. The second-order valence-electron chi connectivity index (χ2n) is 12.6. The fourth-order valence-corrected chi connectivity index (χ4v) is 6.01. The standard InChI is InChI=1S/C34H41F3N4O4/c1-18(2)9-29(41-34(45)22(6)13-26(39-41)7-8-40-16-25(36)17-40)33(44)38-28(15-30(42)43)27-14-23(10-21(5)32(27)37)31-19(3)11-24(35)12-20(31)4/h10-14,18,25,28-29H,7-9,15-17H2,1-6H3,(H,38,44)(H,42,43)/t28-,29-/m0/s1. The van der Waals surface area contributed by atoms with Crippen LogP contribution in [0.5, 0.6) is 0 Å². The van der Waals surface area contributed by atoms with Crippen molar-refractivity contribution in [1.82, 2.24) is 20.0 Å². The topological polar surface area (TPSA) is 105 Å². The zero-order valence-corrected chi connectivity index (χ0v) is 26.6. The molecule has 2 aromatic carbocycles. The Kier molecular flexibility index (Phi) is 10.5. The summed E-state index contributed by atoms with van der Waals surface area (Å²) in [5.41, 5.74) is 3.18. The highest BCUT2D eigenvalue weighted by Gasteiger charge is 2.31. The van der Waals surface area contributed by atoms with Crippen LogP contribution in [-0.2, 0) is 16.0 Å². The number of hydrogen-bond acceptors (Lipinski definition) is 5. The van der Waals surface area contributed by atoms with Crippen LogP contribution >= 0.6 is 0 Å². The van der Waals surface area contributed by atoms with Crippen LogP contribution in [0.1, 0.15) is 72.3 Å². The average Bonchev–Trinajstić information content (AvgIpc) is 2.91. The van der Waals surface area contributed by atoms with Gasteiger partial charge in [0.2, 0.25) is 5.91 Å². The van der Waals surface area contributed by atoms with Crippen LogP contribution in [0, 0.1) is 45.2 Å². The summed E-state index contributed by atoms with van der Waals surface area (Å²) < 4.78 is 44.2. The maximum atomic E-state index is 15.7. The van der Waals surface area contributed by atoms with E-state index in [1.54, 1.807) is 39.8 Å². The minimum atomic E-state index is -1.27. The van der Waals surface area contributed by atoms with Crippen molar-refractivity contribution in [2.75, 3.05) is 19.6 Å². The molecule has 2 atom stereocenters. The summed E-state index contributed by atoms with van der Waals surface area (Å²) in [5, 5.41) is 17.0. The van der Waals surface area contributed by atoms with Crippen LogP contribution in [0.2, 0.25) is 0 Å². The van der Waals surface area contributed by atoms with Crippen molar-refractivity contribution >= 4 is 11.9 Å². The van der Waals surface area contributed by atoms with Gasteiger partial charge in [0.1, 0.15) is 23.8 Å². The predicted octanol–water partition coefficient (Wildman–Crippen LogP) is 5.54. The van der Waals surface area contributed by atoms with Gasteiger partial charge in [0.05, 0.1) is 18.2 Å². The number of carboxylic acid groups (broad SMARTS) is 1. The van der Waals surface area contributed by atoms with Crippen LogP contribution in [0.4, 0.5) is 13.2 Å². The highest BCUT2D eigenvalue weighted by molar-refractivity contribution is 5.82. The fraction of sp³-hybridized carbons (Fsp3) is 0.471. The summed E-state index contributed by atoms with van der Waals surface area (Å²) in [6, 6.07) is 5.13. The molecule has 1 amide bonds. The predicted molar refractivity (Wildman–Crippen MR) is 166 cm³/mol. The molecular formula is C34H41F3N4O4. The molecule has 0 spiro atoms. The fourth-order valence-electron chi connectivity index (χ4n) is 6.01. The lowest BCUT2D eigenvalue weighted by Crippen LogP contribution is -2.49. The highest BCUT2D eigenvalue weighted by atomic mass is 19.1. The Morgan fingerprint density at radius 1 is 1.00 bits per heavy atom. The molecule has 1 aromatic heterocycles. The zero-order chi connectivity index (χ0) is 33.2. The SMILES string of the molecule is Cc1cc(-c2c(C)cc(F)cc2C)cc([C@H](CC(=O)O)NC(=O)[C@H](CC(C)C)n2nc(CCN3CC(F)C3)cc(C)c2=O)c1F. The number of likely N-dealkylation sites (tertiary alicyclic amines) is 1. The van der Waals surface area contributed by atoms with E-state index in [2.05, 4.69) is 10.4 Å². The van der Waals surface area contributed by atoms with Gasteiger partial charge < -0.3 is 10.4 Å². The molecule has 0 radical (unpaired) electrons. The van der Waals surface area contributed by atoms with Gasteiger partial charge in [-0.05, 0) is 98.2 Å². The van der Waals surface area contributed by atoms with Crippen molar-refractivity contribution in [2.24, 2.45) is 5.92 Å². The number of aryl methyl sites for hydroxylation is 4. The Labute approximate surface area is 261 Å². The molecule has 0 bridgehead atoms. The average molecular weight is 627 g/mol. The van der Waals surface area contributed by atoms with E-state index in [4.69, 9.17) is 0 Å². The Bertz CT molecular complexity index is 1630. The zero-order valence-electron chi connectivity index (χ0n) is 26.6. The Hall–Kier alpha value is -3.99. The number of carbonyl (C=O) groups is 2. The second kappa shape index (κ2) is 14.0. The number of amides is 1. The van der Waals surface area contributed by atoms with Gasteiger partial charge >= 0.3 is 5.97 Å². The van der Waals surface area contributed by atoms with Gasteiger partial charge in [-0.1, -0.05) is 13.8 Å². The first-order valence-corrected chi connectivity index (χ1v) is 15.2. The number of alkyl halides is 1. The molecule has 242 valence electrons. The molecule has 3 aromatic rings. The maximum Gasteiger partial charge on any atom is 0.305 e. The summed E-state index contributed by atoms with van der Waals surface area (Å²) in [6.07, 6.45) is -0.796. The molecule has 11 heteroatoms. The molecule has 8 nitrogen and oxygen atoms in total. The lowest BCUT2D eigenvalue weighted by atomic mass is 9.90. The van der Waals surface area contributed by atoms with Crippen molar-refractivity contribution in [3.8, 4) is 11.1 Å². The second-order valence-corrected chi connectivity index (χ2v) is 12.6. The molecule has 1 aliphatic rings. The van der Waals surface area contributed by atoms with Crippen molar-refractivity contribution < 1.29 is 27.9 Å². The first-order chi connectivity index (χ1) is 21.1. The first-order valence-electron chi connectivity index (χ1n) is 15.2. The number of hydrogen-bond donors (Lipinski definition) is 2. The number of aliphatic carboxylic acids is 1.